The number of aryl methyl sites for hydroxylation is 1. The summed E-state index contributed by atoms with van der Waals surface area (Å²) in [5.74, 6) is 0.984. The zero-order valence-corrected chi connectivity index (χ0v) is 23.4. The Morgan fingerprint density at radius 3 is 2.49 bits per heavy atom. The van der Waals surface area contributed by atoms with Crippen molar-refractivity contribution in [2.24, 2.45) is 5.73 Å². The lowest BCUT2D eigenvalue weighted by molar-refractivity contribution is -0.134. The third-order valence-corrected chi connectivity index (χ3v) is 10.1. The quantitative estimate of drug-likeness (QED) is 0.447. The van der Waals surface area contributed by atoms with E-state index in [1.807, 2.05) is 17.9 Å². The van der Waals surface area contributed by atoms with E-state index >= 15 is 0 Å². The number of likely N-dealkylation sites (tertiary alicyclic amines) is 1. The van der Waals surface area contributed by atoms with Crippen LogP contribution in [0.2, 0.25) is 0 Å². The fourth-order valence-electron chi connectivity index (χ4n) is 7.86. The van der Waals surface area contributed by atoms with E-state index in [1.165, 1.54) is 24.4 Å². The van der Waals surface area contributed by atoms with Crippen LogP contribution in [0, 0.1) is 12.7 Å². The number of benzene rings is 2. The highest BCUT2D eigenvalue weighted by atomic mass is 19.1. The fraction of sp³-hybridized carbons (Fsp3) is 0.562. The molecule has 3 aliphatic heterocycles. The Kier molecular flexibility index (Phi) is 7.23. The molecule has 6 rings (SSSR count). The number of carbonyl (C=O) groups excluding carboxylic acids is 1. The van der Waals surface area contributed by atoms with E-state index in [-0.39, 0.29) is 17.1 Å². The van der Waals surface area contributed by atoms with Gasteiger partial charge in [0.15, 0.2) is 0 Å². The van der Waals surface area contributed by atoms with Crippen LogP contribution in [0.5, 0.6) is 0 Å². The number of piperidine rings is 2. The van der Waals surface area contributed by atoms with Crippen molar-refractivity contribution >= 4 is 16.9 Å². The molecular formula is C32H42FN5O. The second-order valence-electron chi connectivity index (χ2n) is 12.1. The summed E-state index contributed by atoms with van der Waals surface area (Å²) in [4.78, 5) is 22.3. The van der Waals surface area contributed by atoms with Gasteiger partial charge in [0.1, 0.15) is 11.6 Å². The summed E-state index contributed by atoms with van der Waals surface area (Å²) in [6, 6.07) is 16.9. The first-order valence-corrected chi connectivity index (χ1v) is 14.9. The van der Waals surface area contributed by atoms with Gasteiger partial charge < -0.3 is 15.2 Å². The average molecular weight is 532 g/mol. The van der Waals surface area contributed by atoms with Gasteiger partial charge in [-0.25, -0.2) is 9.37 Å². The summed E-state index contributed by atoms with van der Waals surface area (Å²) >= 11 is 0. The summed E-state index contributed by atoms with van der Waals surface area (Å²) in [5, 5.41) is 0. The zero-order chi connectivity index (χ0) is 27.1. The Bertz CT molecular complexity index is 1320. The van der Waals surface area contributed by atoms with Crippen molar-refractivity contribution in [3.05, 3.63) is 65.7 Å². The van der Waals surface area contributed by atoms with E-state index in [9.17, 15) is 9.18 Å². The molecule has 0 aliphatic carbocycles. The molecule has 3 unspecified atom stereocenters. The minimum Gasteiger partial charge on any atom is -0.341 e. The van der Waals surface area contributed by atoms with Crippen LogP contribution in [-0.4, -0.2) is 63.0 Å². The summed E-state index contributed by atoms with van der Waals surface area (Å²) in [7, 11) is 0. The largest absolute Gasteiger partial charge is 0.341 e. The van der Waals surface area contributed by atoms with E-state index in [0.717, 1.165) is 55.6 Å². The van der Waals surface area contributed by atoms with E-state index < -0.39 is 6.04 Å². The Hall–Kier alpha value is -2.77. The Balaban J connectivity index is 1.18. The van der Waals surface area contributed by atoms with Gasteiger partial charge in [0.25, 0.3) is 0 Å². The van der Waals surface area contributed by atoms with Crippen LogP contribution in [-0.2, 0) is 10.2 Å². The zero-order valence-electron chi connectivity index (χ0n) is 23.4. The van der Waals surface area contributed by atoms with Gasteiger partial charge in [0.2, 0.25) is 5.91 Å². The Morgan fingerprint density at radius 2 is 1.79 bits per heavy atom. The van der Waals surface area contributed by atoms with E-state index in [4.69, 9.17) is 10.7 Å². The molecule has 3 fully saturated rings. The van der Waals surface area contributed by atoms with Gasteiger partial charge in [-0.15, -0.1) is 0 Å². The van der Waals surface area contributed by atoms with Crippen molar-refractivity contribution in [1.82, 2.24) is 19.4 Å². The molecule has 0 saturated carbocycles. The van der Waals surface area contributed by atoms with Gasteiger partial charge in [-0.3, -0.25) is 9.69 Å². The van der Waals surface area contributed by atoms with E-state index in [1.54, 1.807) is 6.07 Å². The molecule has 3 aromatic rings. The maximum absolute atomic E-state index is 14.4. The van der Waals surface area contributed by atoms with Gasteiger partial charge in [-0.2, -0.15) is 0 Å². The molecule has 1 aromatic heterocycles. The summed E-state index contributed by atoms with van der Waals surface area (Å²) < 4.78 is 16.9. The van der Waals surface area contributed by atoms with Gasteiger partial charge in [0.05, 0.1) is 17.1 Å². The highest BCUT2D eigenvalue weighted by Crippen LogP contribution is 2.45. The SMILES string of the molecule is CCC(N)C(=O)N1CCC(CCN2C3CCC2CC(n2c(C)nc4ccccc42)C3)(c2cccc(F)c2)CC1. The molecule has 2 aromatic carbocycles. The first-order chi connectivity index (χ1) is 18.9. The number of imidazole rings is 1. The molecule has 2 bridgehead atoms. The Labute approximate surface area is 231 Å². The maximum Gasteiger partial charge on any atom is 0.239 e. The lowest BCUT2D eigenvalue weighted by atomic mass is 9.70. The molecule has 3 atom stereocenters. The molecule has 6 nitrogen and oxygen atoms in total. The van der Waals surface area contributed by atoms with Crippen LogP contribution in [0.1, 0.15) is 75.7 Å². The minimum atomic E-state index is -0.431. The number of aromatic nitrogens is 2. The van der Waals surface area contributed by atoms with Crippen molar-refractivity contribution in [3.63, 3.8) is 0 Å². The topological polar surface area (TPSA) is 67.4 Å². The molecule has 3 saturated heterocycles. The number of carbonyl (C=O) groups is 1. The Morgan fingerprint density at radius 1 is 1.08 bits per heavy atom. The summed E-state index contributed by atoms with van der Waals surface area (Å²) in [6.45, 7) is 6.49. The van der Waals surface area contributed by atoms with Crippen LogP contribution in [0.25, 0.3) is 11.0 Å². The highest BCUT2D eigenvalue weighted by molar-refractivity contribution is 5.81. The van der Waals surface area contributed by atoms with Crippen LogP contribution >= 0.6 is 0 Å². The van der Waals surface area contributed by atoms with E-state index in [2.05, 4.69) is 46.7 Å². The van der Waals surface area contributed by atoms with Gasteiger partial charge in [0, 0.05) is 31.2 Å². The van der Waals surface area contributed by atoms with Crippen LogP contribution in [0.3, 0.4) is 0 Å². The number of rotatable bonds is 7. The van der Waals surface area contributed by atoms with Crippen molar-refractivity contribution in [2.45, 2.75) is 94.8 Å². The van der Waals surface area contributed by atoms with E-state index in [0.29, 0.717) is 37.6 Å². The first kappa shape index (κ1) is 26.5. The average Bonchev–Trinajstić information content (AvgIpc) is 3.41. The third-order valence-electron chi connectivity index (χ3n) is 10.1. The number of hydrogen-bond donors (Lipinski definition) is 1. The van der Waals surface area contributed by atoms with Crippen molar-refractivity contribution in [2.75, 3.05) is 19.6 Å². The van der Waals surface area contributed by atoms with Gasteiger partial charge in [-0.1, -0.05) is 31.2 Å². The number of fused-ring (bicyclic) bond motifs is 3. The summed E-state index contributed by atoms with van der Waals surface area (Å²) in [5.41, 5.74) is 9.37. The predicted octanol–water partition coefficient (Wildman–Crippen LogP) is 5.34. The van der Waals surface area contributed by atoms with Crippen LogP contribution < -0.4 is 5.73 Å². The number of hydrogen-bond acceptors (Lipinski definition) is 4. The molecule has 7 heteroatoms. The molecule has 4 heterocycles. The fourth-order valence-corrected chi connectivity index (χ4v) is 7.86. The molecule has 39 heavy (non-hydrogen) atoms. The van der Waals surface area contributed by atoms with Crippen molar-refractivity contribution < 1.29 is 9.18 Å². The standard InChI is InChI=1S/C32H42FN5O/c1-3-28(34)31(39)36-16-13-32(14-17-36,23-7-6-8-24(33)19-23)15-18-37-25-11-12-26(37)21-27(20-25)38-22(2)35-29-9-4-5-10-30(29)38/h4-10,19,25-28H,3,11-18,20-21,34H2,1-2H3. The monoisotopic (exact) mass is 531 g/mol. The first-order valence-electron chi connectivity index (χ1n) is 14.9. The molecule has 0 spiro atoms. The molecule has 208 valence electrons. The number of amides is 1. The lowest BCUT2D eigenvalue weighted by Gasteiger charge is -2.46. The molecule has 2 N–H and O–H groups in total. The molecule has 0 radical (unpaired) electrons. The number of nitrogens with two attached hydrogens (primary N) is 1. The van der Waals surface area contributed by atoms with Gasteiger partial charge >= 0.3 is 0 Å². The summed E-state index contributed by atoms with van der Waals surface area (Å²) in [6.07, 6.45) is 8.15. The van der Waals surface area contributed by atoms with Gasteiger partial charge in [-0.05, 0) is 100 Å². The van der Waals surface area contributed by atoms with Crippen molar-refractivity contribution in [3.8, 4) is 0 Å². The van der Waals surface area contributed by atoms with Crippen molar-refractivity contribution in [1.29, 1.82) is 0 Å². The smallest absolute Gasteiger partial charge is 0.239 e. The highest BCUT2D eigenvalue weighted by Gasteiger charge is 2.44. The predicted molar refractivity (Wildman–Crippen MR) is 153 cm³/mol. The molecule has 3 aliphatic rings. The lowest BCUT2D eigenvalue weighted by Crippen LogP contribution is -2.51. The maximum atomic E-state index is 14.4. The molecular weight excluding hydrogens is 489 g/mol. The number of nitrogens with zero attached hydrogens (tertiary/aromatic N) is 4. The second-order valence-corrected chi connectivity index (χ2v) is 12.1. The molecule has 1 amide bonds. The number of para-hydroxylation sites is 2. The minimum absolute atomic E-state index is 0.0489. The second kappa shape index (κ2) is 10.7. The van der Waals surface area contributed by atoms with Crippen LogP contribution in [0.4, 0.5) is 4.39 Å². The normalized spacial score (nSPS) is 25.7. The third kappa shape index (κ3) is 4.89. The number of halogens is 1. The van der Waals surface area contributed by atoms with Crippen LogP contribution in [0.15, 0.2) is 48.5 Å².